The number of hydrogen-bond acceptors (Lipinski definition) is 6. The van der Waals surface area contributed by atoms with Gasteiger partial charge in [0.1, 0.15) is 18.7 Å². The van der Waals surface area contributed by atoms with E-state index in [4.69, 9.17) is 0 Å². The third-order valence-electron chi connectivity index (χ3n) is 6.21. The van der Waals surface area contributed by atoms with E-state index in [2.05, 4.69) is 20.3 Å². The highest BCUT2D eigenvalue weighted by Crippen LogP contribution is 2.31. The molecule has 32 heavy (non-hydrogen) atoms. The highest BCUT2D eigenvalue weighted by molar-refractivity contribution is 5.95. The van der Waals surface area contributed by atoms with Crippen LogP contribution >= 0.6 is 0 Å². The Morgan fingerprint density at radius 1 is 1.12 bits per heavy atom. The number of hydrogen-bond donors (Lipinski definition) is 1. The van der Waals surface area contributed by atoms with Crippen LogP contribution < -0.4 is 10.2 Å². The van der Waals surface area contributed by atoms with E-state index in [1.807, 2.05) is 34.6 Å². The summed E-state index contributed by atoms with van der Waals surface area (Å²) in [6.07, 6.45) is 7.04. The van der Waals surface area contributed by atoms with E-state index in [9.17, 15) is 9.59 Å². The molecule has 0 spiro atoms. The van der Waals surface area contributed by atoms with Gasteiger partial charge in [-0.15, -0.1) is 0 Å². The molecule has 166 valence electrons. The second-order valence-electron chi connectivity index (χ2n) is 8.82. The van der Waals surface area contributed by atoms with E-state index >= 15 is 0 Å². The molecule has 2 aliphatic rings. The van der Waals surface area contributed by atoms with Crippen molar-refractivity contribution in [2.75, 3.05) is 25.5 Å². The van der Waals surface area contributed by atoms with Gasteiger partial charge < -0.3 is 15.1 Å². The minimum absolute atomic E-state index is 0.0596. The van der Waals surface area contributed by atoms with E-state index in [0.29, 0.717) is 28.6 Å². The topological polar surface area (TPSA) is 96.2 Å². The monoisotopic (exact) mass is 433 g/mol. The van der Waals surface area contributed by atoms with E-state index in [1.54, 1.807) is 25.3 Å². The standard InChI is InChI=1S/C23H27N7O2/c1-14-6-7-15(22(31)27-16-8-9-16)11-18(14)30-13-26-19-20(24-12-25-21(19)30)29-10-4-5-17(29)23(32)28(2)3/h6-7,11-13,16-17H,4-5,8-10H2,1-3H3,(H,27,31). The van der Waals surface area contributed by atoms with Crippen LogP contribution in [0.5, 0.6) is 0 Å². The van der Waals surface area contributed by atoms with Crippen LogP contribution in [-0.2, 0) is 4.79 Å². The number of rotatable bonds is 5. The number of aromatic nitrogens is 4. The fourth-order valence-corrected chi connectivity index (χ4v) is 4.29. The number of nitrogens with one attached hydrogen (secondary N) is 1. The van der Waals surface area contributed by atoms with Crippen molar-refractivity contribution in [3.8, 4) is 5.69 Å². The van der Waals surface area contributed by atoms with Crippen molar-refractivity contribution in [2.24, 2.45) is 0 Å². The number of likely N-dealkylation sites (N-methyl/N-ethyl adjacent to an activating group) is 1. The van der Waals surface area contributed by atoms with Crippen LogP contribution in [0, 0.1) is 6.92 Å². The molecule has 2 amide bonds. The highest BCUT2D eigenvalue weighted by Gasteiger charge is 2.34. The first-order valence-electron chi connectivity index (χ1n) is 11.0. The summed E-state index contributed by atoms with van der Waals surface area (Å²) in [5.41, 5.74) is 3.78. The van der Waals surface area contributed by atoms with Crippen LogP contribution in [0.3, 0.4) is 0 Å². The van der Waals surface area contributed by atoms with Crippen molar-refractivity contribution in [1.82, 2.24) is 29.7 Å². The molecule has 1 N–H and O–H groups in total. The van der Waals surface area contributed by atoms with Crippen LogP contribution in [0.1, 0.15) is 41.6 Å². The summed E-state index contributed by atoms with van der Waals surface area (Å²) in [7, 11) is 3.55. The smallest absolute Gasteiger partial charge is 0.251 e. The van der Waals surface area contributed by atoms with Gasteiger partial charge in [-0.2, -0.15) is 0 Å². The van der Waals surface area contributed by atoms with Gasteiger partial charge in [-0.1, -0.05) is 6.07 Å². The number of benzene rings is 1. The minimum atomic E-state index is -0.246. The maximum absolute atomic E-state index is 12.7. The Morgan fingerprint density at radius 3 is 2.69 bits per heavy atom. The number of imidazole rings is 1. The molecular weight excluding hydrogens is 406 g/mol. The van der Waals surface area contributed by atoms with Crippen LogP contribution in [0.25, 0.3) is 16.9 Å². The highest BCUT2D eigenvalue weighted by atomic mass is 16.2. The predicted octanol–water partition coefficient (Wildman–Crippen LogP) is 2.07. The summed E-state index contributed by atoms with van der Waals surface area (Å²) < 4.78 is 1.89. The van der Waals surface area contributed by atoms with Crippen molar-refractivity contribution >= 4 is 28.8 Å². The molecule has 0 bridgehead atoms. The minimum Gasteiger partial charge on any atom is -0.349 e. The van der Waals surface area contributed by atoms with Crippen molar-refractivity contribution < 1.29 is 9.59 Å². The number of nitrogens with zero attached hydrogens (tertiary/aromatic N) is 6. The molecular formula is C23H27N7O2. The van der Waals surface area contributed by atoms with E-state index in [1.165, 1.54) is 6.33 Å². The molecule has 5 rings (SSSR count). The molecule has 1 unspecified atom stereocenters. The van der Waals surface area contributed by atoms with E-state index in [0.717, 1.165) is 43.5 Å². The van der Waals surface area contributed by atoms with Crippen LogP contribution in [0.4, 0.5) is 5.82 Å². The van der Waals surface area contributed by atoms with Gasteiger partial charge in [-0.3, -0.25) is 14.2 Å². The molecule has 1 aliphatic heterocycles. The lowest BCUT2D eigenvalue weighted by molar-refractivity contribution is -0.129. The molecule has 9 heteroatoms. The summed E-state index contributed by atoms with van der Waals surface area (Å²) in [6, 6.07) is 5.72. The zero-order chi connectivity index (χ0) is 22.4. The summed E-state index contributed by atoms with van der Waals surface area (Å²) in [5, 5.41) is 3.04. The first-order valence-corrected chi connectivity index (χ1v) is 11.0. The molecule has 1 aromatic carbocycles. The molecule has 1 saturated heterocycles. The predicted molar refractivity (Wildman–Crippen MR) is 121 cm³/mol. The Balaban J connectivity index is 1.54. The zero-order valence-corrected chi connectivity index (χ0v) is 18.6. The van der Waals surface area contributed by atoms with Gasteiger partial charge in [-0.05, 0) is 50.3 Å². The Kier molecular flexibility index (Phi) is 5.03. The second kappa shape index (κ2) is 7.89. The maximum Gasteiger partial charge on any atom is 0.251 e. The zero-order valence-electron chi connectivity index (χ0n) is 18.6. The van der Waals surface area contributed by atoms with Crippen molar-refractivity contribution in [1.29, 1.82) is 0 Å². The molecule has 2 aromatic heterocycles. The third-order valence-corrected chi connectivity index (χ3v) is 6.21. The quantitative estimate of drug-likeness (QED) is 0.662. The Morgan fingerprint density at radius 2 is 1.94 bits per heavy atom. The molecule has 1 aliphatic carbocycles. The molecule has 9 nitrogen and oxygen atoms in total. The molecule has 3 aromatic rings. The number of fused-ring (bicyclic) bond motifs is 1. The Hall–Kier alpha value is -3.49. The summed E-state index contributed by atoms with van der Waals surface area (Å²) in [6.45, 7) is 2.75. The van der Waals surface area contributed by atoms with Crippen LogP contribution in [-0.4, -0.2) is 69.0 Å². The fraction of sp³-hybridized carbons (Fsp3) is 0.435. The Labute approximate surface area is 186 Å². The van der Waals surface area contributed by atoms with Gasteiger partial charge in [0, 0.05) is 32.2 Å². The Bertz CT molecular complexity index is 1200. The first kappa shape index (κ1) is 20.4. The number of amides is 2. The summed E-state index contributed by atoms with van der Waals surface area (Å²) in [5.74, 6) is 0.682. The number of aryl methyl sites for hydroxylation is 1. The molecule has 1 atom stereocenters. The number of carbonyl (C=O) groups is 2. The summed E-state index contributed by atoms with van der Waals surface area (Å²) in [4.78, 5) is 42.5. The van der Waals surface area contributed by atoms with Gasteiger partial charge in [0.15, 0.2) is 17.0 Å². The van der Waals surface area contributed by atoms with Crippen LogP contribution in [0.2, 0.25) is 0 Å². The van der Waals surface area contributed by atoms with Crippen molar-refractivity contribution in [3.63, 3.8) is 0 Å². The fourth-order valence-electron chi connectivity index (χ4n) is 4.29. The van der Waals surface area contributed by atoms with E-state index in [-0.39, 0.29) is 17.9 Å². The van der Waals surface area contributed by atoms with Gasteiger partial charge in [0.25, 0.3) is 5.91 Å². The molecule has 3 heterocycles. The second-order valence-corrected chi connectivity index (χ2v) is 8.82. The summed E-state index contributed by atoms with van der Waals surface area (Å²) >= 11 is 0. The van der Waals surface area contributed by atoms with Crippen molar-refractivity contribution in [3.05, 3.63) is 42.0 Å². The maximum atomic E-state index is 12.7. The lowest BCUT2D eigenvalue weighted by Crippen LogP contribution is -2.43. The average Bonchev–Trinajstić information content (AvgIpc) is 3.29. The van der Waals surface area contributed by atoms with Crippen LogP contribution in [0.15, 0.2) is 30.9 Å². The molecule has 0 radical (unpaired) electrons. The third kappa shape index (κ3) is 3.57. The van der Waals surface area contributed by atoms with Gasteiger partial charge in [0.2, 0.25) is 5.91 Å². The van der Waals surface area contributed by atoms with Crippen molar-refractivity contribution in [2.45, 2.75) is 44.7 Å². The first-order chi connectivity index (χ1) is 15.4. The lowest BCUT2D eigenvalue weighted by atomic mass is 10.1. The average molecular weight is 434 g/mol. The normalized spacial score (nSPS) is 18.2. The van der Waals surface area contributed by atoms with E-state index < -0.39 is 0 Å². The number of carbonyl (C=O) groups excluding carboxylic acids is 2. The molecule has 2 fully saturated rings. The number of anilines is 1. The lowest BCUT2D eigenvalue weighted by Gasteiger charge is -2.27. The van der Waals surface area contributed by atoms with Gasteiger partial charge in [-0.25, -0.2) is 15.0 Å². The van der Waals surface area contributed by atoms with Gasteiger partial charge >= 0.3 is 0 Å². The van der Waals surface area contributed by atoms with Gasteiger partial charge in [0.05, 0.1) is 5.69 Å². The molecule has 1 saturated carbocycles. The SMILES string of the molecule is Cc1ccc(C(=O)NC2CC2)cc1-n1cnc2c(N3CCCC3C(=O)N(C)C)ncnc21. The largest absolute Gasteiger partial charge is 0.349 e.